The molecule has 1 N–H and O–H groups in total. The highest BCUT2D eigenvalue weighted by Crippen LogP contribution is 2.37. The molecule has 0 spiro atoms. The molecule has 28 heavy (non-hydrogen) atoms. The Balaban J connectivity index is 2.20. The van der Waals surface area contributed by atoms with Gasteiger partial charge >= 0.3 is 6.18 Å². The fraction of sp³-hybridized carbons (Fsp3) is 0.350. The lowest BCUT2D eigenvalue weighted by molar-refractivity contribution is -0.137. The van der Waals surface area contributed by atoms with Crippen LogP contribution in [0.1, 0.15) is 42.6 Å². The molecule has 2 aromatic carbocycles. The Hall–Kier alpha value is -2.41. The number of ether oxygens (including phenoxy) is 2. The fourth-order valence-electron chi connectivity index (χ4n) is 2.37. The quantitative estimate of drug-likeness (QED) is 0.523. The lowest BCUT2D eigenvalue weighted by atomic mass is 10.1. The second-order valence-electron chi connectivity index (χ2n) is 5.95. The largest absolute Gasteiger partial charge is 0.490 e. The van der Waals surface area contributed by atoms with Gasteiger partial charge in [0, 0.05) is 11.3 Å². The van der Waals surface area contributed by atoms with Crippen molar-refractivity contribution in [3.8, 4) is 11.5 Å². The van der Waals surface area contributed by atoms with Gasteiger partial charge in [0.1, 0.15) is 0 Å². The molecule has 0 aliphatic rings. The van der Waals surface area contributed by atoms with E-state index in [1.54, 1.807) is 6.92 Å². The molecule has 0 fully saturated rings. The lowest BCUT2D eigenvalue weighted by Crippen LogP contribution is -2.13. The fourth-order valence-corrected chi connectivity index (χ4v) is 2.63. The average molecular weight is 416 g/mol. The van der Waals surface area contributed by atoms with Crippen LogP contribution in [-0.2, 0) is 6.18 Å². The Morgan fingerprint density at radius 2 is 1.79 bits per heavy atom. The molecule has 0 aliphatic carbocycles. The number of nitrogens with one attached hydrogen (secondary N) is 1. The molecule has 0 bridgehead atoms. The molecule has 4 nitrogen and oxygen atoms in total. The first kappa shape index (κ1) is 21.9. The van der Waals surface area contributed by atoms with Crippen molar-refractivity contribution in [3.05, 3.63) is 52.5 Å². The van der Waals surface area contributed by atoms with Crippen LogP contribution < -0.4 is 14.8 Å². The van der Waals surface area contributed by atoms with Crippen molar-refractivity contribution < 1.29 is 27.4 Å². The van der Waals surface area contributed by atoms with Crippen LogP contribution in [0.15, 0.2) is 36.4 Å². The number of carbonyl (C=O) groups excluding carboxylic acids is 1. The summed E-state index contributed by atoms with van der Waals surface area (Å²) in [5.41, 5.74) is -0.354. The normalized spacial score (nSPS) is 11.2. The Morgan fingerprint density at radius 3 is 2.36 bits per heavy atom. The Labute approximate surface area is 166 Å². The SMILES string of the molecule is CCCCOc1c(Cl)cc(C(=O)Nc2ccc(C(F)(F)F)cc2)cc1OCC. The van der Waals surface area contributed by atoms with Gasteiger partial charge in [0.2, 0.25) is 0 Å². The van der Waals surface area contributed by atoms with Crippen molar-refractivity contribution in [2.24, 2.45) is 0 Å². The van der Waals surface area contributed by atoms with Gasteiger partial charge in [-0.2, -0.15) is 13.2 Å². The van der Waals surface area contributed by atoms with E-state index in [0.717, 1.165) is 25.0 Å². The molecular weight excluding hydrogens is 395 g/mol. The topological polar surface area (TPSA) is 47.6 Å². The van der Waals surface area contributed by atoms with Gasteiger partial charge in [0.25, 0.3) is 5.91 Å². The number of benzene rings is 2. The number of unbranched alkanes of at least 4 members (excludes halogenated alkanes) is 1. The third kappa shape index (κ3) is 5.79. The number of carbonyl (C=O) groups is 1. The Kier molecular flexibility index (Phi) is 7.57. The molecule has 0 aliphatic heterocycles. The molecular formula is C20H21ClF3NO3. The third-order valence-electron chi connectivity index (χ3n) is 3.79. The summed E-state index contributed by atoms with van der Waals surface area (Å²) in [5, 5.41) is 2.77. The maximum Gasteiger partial charge on any atom is 0.416 e. The van der Waals surface area contributed by atoms with E-state index in [1.165, 1.54) is 24.3 Å². The van der Waals surface area contributed by atoms with E-state index in [2.05, 4.69) is 5.32 Å². The number of alkyl halides is 3. The summed E-state index contributed by atoms with van der Waals surface area (Å²) in [6.45, 7) is 4.64. The molecule has 0 heterocycles. The average Bonchev–Trinajstić information content (AvgIpc) is 2.63. The van der Waals surface area contributed by atoms with Crippen LogP contribution in [0.4, 0.5) is 18.9 Å². The zero-order chi connectivity index (χ0) is 20.7. The summed E-state index contributed by atoms with van der Waals surface area (Å²) in [6, 6.07) is 7.11. The Bertz CT molecular complexity index is 808. The minimum Gasteiger partial charge on any atom is -0.490 e. The number of anilines is 1. The Morgan fingerprint density at radius 1 is 1.11 bits per heavy atom. The maximum atomic E-state index is 12.6. The summed E-state index contributed by atoms with van der Waals surface area (Å²) in [5.74, 6) is 0.175. The highest BCUT2D eigenvalue weighted by molar-refractivity contribution is 6.32. The van der Waals surface area contributed by atoms with Gasteiger partial charge < -0.3 is 14.8 Å². The van der Waals surface area contributed by atoms with E-state index in [4.69, 9.17) is 21.1 Å². The molecule has 0 saturated heterocycles. The monoisotopic (exact) mass is 415 g/mol. The molecule has 2 rings (SSSR count). The zero-order valence-corrected chi connectivity index (χ0v) is 16.3. The van der Waals surface area contributed by atoms with Crippen LogP contribution in [0.2, 0.25) is 5.02 Å². The number of hydrogen-bond acceptors (Lipinski definition) is 3. The van der Waals surface area contributed by atoms with Crippen molar-refractivity contribution in [3.63, 3.8) is 0 Å². The molecule has 8 heteroatoms. The van der Waals surface area contributed by atoms with Crippen LogP contribution in [0, 0.1) is 0 Å². The highest BCUT2D eigenvalue weighted by Gasteiger charge is 2.30. The first-order chi connectivity index (χ1) is 13.3. The molecule has 0 saturated carbocycles. The highest BCUT2D eigenvalue weighted by atomic mass is 35.5. The molecule has 0 radical (unpaired) electrons. The van der Waals surface area contributed by atoms with Gasteiger partial charge in [-0.3, -0.25) is 4.79 Å². The molecule has 152 valence electrons. The maximum absolute atomic E-state index is 12.6. The van der Waals surface area contributed by atoms with Crippen molar-refractivity contribution in [1.82, 2.24) is 0 Å². The van der Waals surface area contributed by atoms with Crippen molar-refractivity contribution >= 4 is 23.2 Å². The summed E-state index contributed by atoms with van der Waals surface area (Å²) >= 11 is 6.26. The van der Waals surface area contributed by atoms with E-state index in [0.29, 0.717) is 24.7 Å². The predicted molar refractivity (Wildman–Crippen MR) is 102 cm³/mol. The first-order valence-corrected chi connectivity index (χ1v) is 9.21. The standard InChI is InChI=1S/C20H21ClF3NO3/c1-3-5-10-28-18-16(21)11-13(12-17(18)27-4-2)19(26)25-15-8-6-14(7-9-15)20(22,23)24/h6-9,11-12H,3-5,10H2,1-2H3,(H,25,26). The van der Waals surface area contributed by atoms with E-state index in [9.17, 15) is 18.0 Å². The van der Waals surface area contributed by atoms with Gasteiger partial charge in [0.15, 0.2) is 11.5 Å². The minimum atomic E-state index is -4.43. The minimum absolute atomic E-state index is 0.205. The molecule has 0 aromatic heterocycles. The zero-order valence-electron chi connectivity index (χ0n) is 15.5. The first-order valence-electron chi connectivity index (χ1n) is 8.84. The smallest absolute Gasteiger partial charge is 0.416 e. The molecule has 2 aromatic rings. The summed E-state index contributed by atoms with van der Waals surface area (Å²) in [4.78, 5) is 12.5. The van der Waals surface area contributed by atoms with E-state index >= 15 is 0 Å². The van der Waals surface area contributed by atoms with E-state index < -0.39 is 17.6 Å². The van der Waals surface area contributed by atoms with Crippen LogP contribution in [0.3, 0.4) is 0 Å². The van der Waals surface area contributed by atoms with Crippen molar-refractivity contribution in [2.75, 3.05) is 18.5 Å². The molecule has 1 amide bonds. The van der Waals surface area contributed by atoms with Crippen LogP contribution in [-0.4, -0.2) is 19.1 Å². The summed E-state index contributed by atoms with van der Waals surface area (Å²) in [6.07, 6.45) is -2.64. The third-order valence-corrected chi connectivity index (χ3v) is 4.07. The number of amides is 1. The van der Waals surface area contributed by atoms with Gasteiger partial charge in [-0.1, -0.05) is 24.9 Å². The van der Waals surface area contributed by atoms with Crippen LogP contribution >= 0.6 is 11.6 Å². The van der Waals surface area contributed by atoms with Crippen LogP contribution in [0.25, 0.3) is 0 Å². The van der Waals surface area contributed by atoms with Gasteiger partial charge in [-0.25, -0.2) is 0 Å². The number of hydrogen-bond donors (Lipinski definition) is 1. The van der Waals surface area contributed by atoms with Crippen molar-refractivity contribution in [2.45, 2.75) is 32.9 Å². The number of halogens is 4. The number of rotatable bonds is 8. The van der Waals surface area contributed by atoms with Crippen LogP contribution in [0.5, 0.6) is 11.5 Å². The lowest BCUT2D eigenvalue weighted by Gasteiger charge is -2.15. The molecule has 0 atom stereocenters. The van der Waals surface area contributed by atoms with Crippen molar-refractivity contribution in [1.29, 1.82) is 0 Å². The molecule has 0 unspecified atom stereocenters. The van der Waals surface area contributed by atoms with Gasteiger partial charge in [-0.05, 0) is 49.7 Å². The second-order valence-corrected chi connectivity index (χ2v) is 6.36. The van der Waals surface area contributed by atoms with Gasteiger partial charge in [0.05, 0.1) is 23.8 Å². The summed E-state index contributed by atoms with van der Waals surface area (Å²) in [7, 11) is 0. The second kappa shape index (κ2) is 9.68. The summed E-state index contributed by atoms with van der Waals surface area (Å²) < 4.78 is 49.1. The van der Waals surface area contributed by atoms with Gasteiger partial charge in [-0.15, -0.1) is 0 Å². The van der Waals surface area contributed by atoms with E-state index in [-0.39, 0.29) is 16.3 Å². The predicted octanol–water partition coefficient (Wildman–Crippen LogP) is 6.19. The van der Waals surface area contributed by atoms with E-state index in [1.807, 2.05) is 6.92 Å².